The summed E-state index contributed by atoms with van der Waals surface area (Å²) in [5.41, 5.74) is 4.66. The fourth-order valence-corrected chi connectivity index (χ4v) is 1.59. The summed E-state index contributed by atoms with van der Waals surface area (Å²) in [5, 5.41) is 9.28. The molecule has 0 aromatic heterocycles. The molecule has 0 aromatic rings. The minimum Gasteiger partial charge on any atom is -0.465 e. The van der Waals surface area contributed by atoms with Crippen molar-refractivity contribution in [3.05, 3.63) is 0 Å². The third-order valence-electron chi connectivity index (χ3n) is 2.36. The lowest BCUT2D eigenvalue weighted by atomic mass is 9.81. The molecular weight excluding hydrogens is 182 g/mol. The summed E-state index contributed by atoms with van der Waals surface area (Å²) in [7, 11) is 0. The largest absolute Gasteiger partial charge is 0.465 e. The smallest absolute Gasteiger partial charge is 0.314 e. The second-order valence-electron chi connectivity index (χ2n) is 3.45. The molecule has 0 aliphatic rings. The lowest BCUT2D eigenvalue weighted by Crippen LogP contribution is -2.38. The first-order valence-corrected chi connectivity index (χ1v) is 5.15. The van der Waals surface area contributed by atoms with Crippen LogP contribution in [-0.2, 0) is 9.53 Å². The lowest BCUT2D eigenvalue weighted by molar-refractivity contribution is -0.159. The number of ether oxygens (including phenoxy) is 1. The summed E-state index contributed by atoms with van der Waals surface area (Å²) in [6.07, 6.45) is 1.94. The zero-order chi connectivity index (χ0) is 11.0. The Labute approximate surface area is 85.4 Å². The van der Waals surface area contributed by atoms with Crippen molar-refractivity contribution in [2.24, 2.45) is 11.1 Å². The molecule has 0 aromatic carbocycles. The predicted molar refractivity (Wildman–Crippen MR) is 54.7 cm³/mol. The van der Waals surface area contributed by atoms with Gasteiger partial charge in [0.1, 0.15) is 0 Å². The fraction of sp³-hybridized carbons (Fsp3) is 0.900. The van der Waals surface area contributed by atoms with E-state index in [1.807, 2.05) is 6.92 Å². The highest BCUT2D eigenvalue weighted by molar-refractivity contribution is 5.77. The van der Waals surface area contributed by atoms with Gasteiger partial charge in [0.15, 0.2) is 0 Å². The third-order valence-corrected chi connectivity index (χ3v) is 2.36. The molecule has 0 spiro atoms. The molecule has 4 heteroatoms. The summed E-state index contributed by atoms with van der Waals surface area (Å²) in [5.74, 6) is -0.324. The number of esters is 1. The molecule has 0 aliphatic carbocycles. The van der Waals surface area contributed by atoms with Crippen molar-refractivity contribution < 1.29 is 14.6 Å². The number of aliphatic hydroxyl groups is 1. The van der Waals surface area contributed by atoms with Crippen LogP contribution in [0.4, 0.5) is 0 Å². The van der Waals surface area contributed by atoms with Crippen LogP contribution in [0.2, 0.25) is 0 Å². The summed E-state index contributed by atoms with van der Waals surface area (Å²) < 4.78 is 4.95. The van der Waals surface area contributed by atoms with Crippen molar-refractivity contribution in [3.63, 3.8) is 0 Å². The maximum atomic E-state index is 11.6. The zero-order valence-corrected chi connectivity index (χ0v) is 9.08. The first-order valence-electron chi connectivity index (χ1n) is 5.15. The minimum atomic E-state index is -0.778. The van der Waals surface area contributed by atoms with Gasteiger partial charge in [-0.2, -0.15) is 0 Å². The summed E-state index contributed by atoms with van der Waals surface area (Å²) in [4.78, 5) is 11.6. The van der Waals surface area contributed by atoms with Crippen LogP contribution in [-0.4, -0.2) is 30.8 Å². The number of carbonyl (C=O) groups is 1. The highest BCUT2D eigenvalue weighted by Crippen LogP contribution is 2.28. The molecule has 0 rings (SSSR count). The highest BCUT2D eigenvalue weighted by atomic mass is 16.5. The van der Waals surface area contributed by atoms with Gasteiger partial charge in [0.2, 0.25) is 0 Å². The lowest BCUT2D eigenvalue weighted by Gasteiger charge is -2.28. The topological polar surface area (TPSA) is 72.5 Å². The second-order valence-corrected chi connectivity index (χ2v) is 3.45. The normalized spacial score (nSPS) is 14.9. The van der Waals surface area contributed by atoms with Crippen LogP contribution in [0.1, 0.15) is 33.1 Å². The Bertz CT molecular complexity index is 165. The molecule has 14 heavy (non-hydrogen) atoms. The van der Waals surface area contributed by atoms with Crippen molar-refractivity contribution >= 4 is 5.97 Å². The zero-order valence-electron chi connectivity index (χ0n) is 9.08. The van der Waals surface area contributed by atoms with Crippen LogP contribution in [0.15, 0.2) is 0 Å². The number of hydrogen-bond acceptors (Lipinski definition) is 4. The monoisotopic (exact) mass is 203 g/mol. The van der Waals surface area contributed by atoms with E-state index in [1.54, 1.807) is 6.92 Å². The van der Waals surface area contributed by atoms with E-state index >= 15 is 0 Å². The van der Waals surface area contributed by atoms with Gasteiger partial charge in [-0.25, -0.2) is 0 Å². The highest BCUT2D eigenvalue weighted by Gasteiger charge is 2.37. The van der Waals surface area contributed by atoms with Crippen LogP contribution in [0, 0.1) is 5.41 Å². The van der Waals surface area contributed by atoms with Crippen molar-refractivity contribution in [2.75, 3.05) is 19.8 Å². The van der Waals surface area contributed by atoms with Crippen LogP contribution >= 0.6 is 0 Å². The van der Waals surface area contributed by atoms with Crippen molar-refractivity contribution in [3.8, 4) is 0 Å². The van der Waals surface area contributed by atoms with Gasteiger partial charge in [-0.05, 0) is 26.3 Å². The average molecular weight is 203 g/mol. The molecule has 3 N–H and O–H groups in total. The van der Waals surface area contributed by atoms with E-state index in [0.29, 0.717) is 26.0 Å². The predicted octanol–water partition coefficient (Wildman–Crippen LogP) is 0.677. The molecular formula is C10H21NO3. The van der Waals surface area contributed by atoms with Gasteiger partial charge in [0, 0.05) is 0 Å². The number of hydrogen-bond donors (Lipinski definition) is 2. The summed E-state index contributed by atoms with van der Waals surface area (Å²) in [6, 6.07) is 0. The first-order chi connectivity index (χ1) is 6.66. The van der Waals surface area contributed by atoms with Gasteiger partial charge in [0.05, 0.1) is 18.6 Å². The van der Waals surface area contributed by atoms with E-state index < -0.39 is 5.41 Å². The Hall–Kier alpha value is -0.610. The molecule has 0 unspecified atom stereocenters. The maximum Gasteiger partial charge on any atom is 0.314 e. The standard InChI is InChI=1S/C10H21NO3/c1-3-5-10(8-12,6-7-11)9(13)14-4-2/h12H,3-8,11H2,1-2H3/t10-/m0/s1. The van der Waals surface area contributed by atoms with Crippen molar-refractivity contribution in [1.82, 2.24) is 0 Å². The van der Waals surface area contributed by atoms with Crippen molar-refractivity contribution in [1.29, 1.82) is 0 Å². The number of aliphatic hydroxyl groups excluding tert-OH is 1. The summed E-state index contributed by atoms with van der Waals surface area (Å²) in [6.45, 7) is 4.28. The van der Waals surface area contributed by atoms with Crippen LogP contribution in [0.3, 0.4) is 0 Å². The second kappa shape index (κ2) is 6.79. The Morgan fingerprint density at radius 3 is 2.43 bits per heavy atom. The molecule has 1 atom stereocenters. The Balaban J connectivity index is 4.54. The van der Waals surface area contributed by atoms with Gasteiger partial charge in [0.25, 0.3) is 0 Å². The van der Waals surface area contributed by atoms with Crippen LogP contribution < -0.4 is 5.73 Å². The van der Waals surface area contributed by atoms with Gasteiger partial charge >= 0.3 is 5.97 Å². The number of rotatable bonds is 7. The molecule has 4 nitrogen and oxygen atoms in total. The Morgan fingerprint density at radius 1 is 1.43 bits per heavy atom. The molecule has 0 aliphatic heterocycles. The molecule has 84 valence electrons. The van der Waals surface area contributed by atoms with Crippen LogP contribution in [0.25, 0.3) is 0 Å². The SMILES string of the molecule is CCC[C@@](CO)(CCN)C(=O)OCC. The molecule has 0 fully saturated rings. The van der Waals surface area contributed by atoms with E-state index in [2.05, 4.69) is 0 Å². The van der Waals surface area contributed by atoms with Gasteiger partial charge in [-0.15, -0.1) is 0 Å². The maximum absolute atomic E-state index is 11.6. The molecule has 0 saturated carbocycles. The van der Waals surface area contributed by atoms with Crippen LogP contribution in [0.5, 0.6) is 0 Å². The molecule has 0 amide bonds. The minimum absolute atomic E-state index is 0.184. The average Bonchev–Trinajstić information content (AvgIpc) is 2.17. The van der Waals surface area contributed by atoms with Gasteiger partial charge < -0.3 is 15.6 Å². The molecule has 0 radical (unpaired) electrons. The van der Waals surface area contributed by atoms with E-state index in [-0.39, 0.29) is 12.6 Å². The van der Waals surface area contributed by atoms with E-state index in [9.17, 15) is 9.90 Å². The first kappa shape index (κ1) is 13.4. The quantitative estimate of drug-likeness (QED) is 0.597. The molecule has 0 saturated heterocycles. The summed E-state index contributed by atoms with van der Waals surface area (Å²) >= 11 is 0. The van der Waals surface area contributed by atoms with E-state index in [0.717, 1.165) is 6.42 Å². The molecule has 0 bridgehead atoms. The fourth-order valence-electron chi connectivity index (χ4n) is 1.59. The van der Waals surface area contributed by atoms with Crippen molar-refractivity contribution in [2.45, 2.75) is 33.1 Å². The van der Waals surface area contributed by atoms with Gasteiger partial charge in [-0.3, -0.25) is 4.79 Å². The van der Waals surface area contributed by atoms with Gasteiger partial charge in [-0.1, -0.05) is 13.3 Å². The Kier molecular flexibility index (Phi) is 6.49. The Morgan fingerprint density at radius 2 is 2.07 bits per heavy atom. The van der Waals surface area contributed by atoms with E-state index in [4.69, 9.17) is 10.5 Å². The van der Waals surface area contributed by atoms with E-state index in [1.165, 1.54) is 0 Å². The third kappa shape index (κ3) is 3.27. The number of nitrogens with two attached hydrogens (primary N) is 1. The number of carbonyl (C=O) groups excluding carboxylic acids is 1. The molecule has 0 heterocycles.